The molecule has 26 heavy (non-hydrogen) atoms. The minimum absolute atomic E-state index is 0.133. The van der Waals surface area contributed by atoms with Crippen LogP contribution in [0.4, 0.5) is 0 Å². The number of carbonyl (C=O) groups excluding carboxylic acids is 2. The van der Waals surface area contributed by atoms with Crippen molar-refractivity contribution in [2.75, 3.05) is 13.1 Å². The fraction of sp³-hybridized carbons (Fsp3) is 0.619. The summed E-state index contributed by atoms with van der Waals surface area (Å²) < 4.78 is 0. The molecule has 0 spiro atoms. The van der Waals surface area contributed by atoms with E-state index in [1.807, 2.05) is 4.90 Å². The summed E-state index contributed by atoms with van der Waals surface area (Å²) in [5.41, 5.74) is 10.5. The van der Waals surface area contributed by atoms with E-state index in [9.17, 15) is 9.59 Å². The van der Waals surface area contributed by atoms with E-state index in [4.69, 9.17) is 5.73 Å². The lowest BCUT2D eigenvalue weighted by atomic mass is 9.96. The molecule has 2 N–H and O–H groups in total. The predicted octanol–water partition coefficient (Wildman–Crippen LogP) is 3.76. The molecule has 0 bridgehead atoms. The van der Waals surface area contributed by atoms with Crippen molar-refractivity contribution < 1.29 is 9.59 Å². The molecule has 4 nitrogen and oxygen atoms in total. The summed E-state index contributed by atoms with van der Waals surface area (Å²) in [6.07, 6.45) is 1.63. The van der Waals surface area contributed by atoms with Gasteiger partial charge in [-0.05, 0) is 68.7 Å². The molecule has 0 saturated carbocycles. The lowest BCUT2D eigenvalue weighted by Crippen LogP contribution is -2.48. The van der Waals surface area contributed by atoms with Crippen LogP contribution < -0.4 is 5.73 Å². The Bertz CT molecular complexity index is 673. The number of benzene rings is 1. The molecule has 2 rings (SSSR count). The second kappa shape index (κ2) is 8.47. The summed E-state index contributed by atoms with van der Waals surface area (Å²) in [5.74, 6) is -0.164. The Kier molecular flexibility index (Phi) is 6.78. The van der Waals surface area contributed by atoms with Gasteiger partial charge in [0.05, 0.1) is 11.2 Å². The van der Waals surface area contributed by atoms with Gasteiger partial charge in [0, 0.05) is 18.0 Å². The zero-order valence-electron chi connectivity index (χ0n) is 16.9. The number of amides is 2. The van der Waals surface area contributed by atoms with Crippen molar-refractivity contribution in [3.63, 3.8) is 0 Å². The molecule has 2 amide bonds. The Morgan fingerprint density at radius 3 is 2.23 bits per heavy atom. The number of piperidine rings is 1. The van der Waals surface area contributed by atoms with Crippen molar-refractivity contribution >= 4 is 23.6 Å². The Morgan fingerprint density at radius 1 is 1.15 bits per heavy atom. The maximum atomic E-state index is 13.3. The topological polar surface area (TPSA) is 63.4 Å². The molecule has 1 aliphatic rings. The molecule has 0 radical (unpaired) electrons. The summed E-state index contributed by atoms with van der Waals surface area (Å²) in [6, 6.07) is 2.21. The summed E-state index contributed by atoms with van der Waals surface area (Å²) >= 11 is 1.68. The first-order valence-electron chi connectivity index (χ1n) is 9.45. The number of aryl methyl sites for hydroxylation is 2. The van der Waals surface area contributed by atoms with E-state index < -0.39 is 0 Å². The molecule has 0 aromatic heterocycles. The third kappa shape index (κ3) is 4.43. The van der Waals surface area contributed by atoms with Gasteiger partial charge in [-0.3, -0.25) is 9.59 Å². The van der Waals surface area contributed by atoms with Crippen LogP contribution in [0.15, 0.2) is 11.0 Å². The molecule has 1 heterocycles. The van der Waals surface area contributed by atoms with Crippen molar-refractivity contribution in [2.45, 2.75) is 64.5 Å². The van der Waals surface area contributed by atoms with Crippen LogP contribution in [0, 0.1) is 39.5 Å². The van der Waals surface area contributed by atoms with Crippen LogP contribution >= 0.6 is 11.8 Å². The highest BCUT2D eigenvalue weighted by Crippen LogP contribution is 2.37. The first-order valence-corrected chi connectivity index (χ1v) is 10.3. The molecule has 144 valence electrons. The summed E-state index contributed by atoms with van der Waals surface area (Å²) in [7, 11) is 0. The first kappa shape index (κ1) is 20.8. The van der Waals surface area contributed by atoms with Gasteiger partial charge < -0.3 is 10.6 Å². The van der Waals surface area contributed by atoms with Crippen molar-refractivity contribution in [3.8, 4) is 0 Å². The van der Waals surface area contributed by atoms with Gasteiger partial charge in [-0.2, -0.15) is 0 Å². The molecule has 2 atom stereocenters. The Hall–Kier alpha value is -1.49. The van der Waals surface area contributed by atoms with E-state index in [1.54, 1.807) is 11.8 Å². The van der Waals surface area contributed by atoms with Crippen LogP contribution in [-0.2, 0) is 9.59 Å². The molecule has 2 unspecified atom stereocenters. The summed E-state index contributed by atoms with van der Waals surface area (Å²) in [6.45, 7) is 13.9. The van der Waals surface area contributed by atoms with Crippen molar-refractivity contribution in [3.05, 3.63) is 28.3 Å². The fourth-order valence-corrected chi connectivity index (χ4v) is 5.00. The van der Waals surface area contributed by atoms with E-state index in [0.717, 1.165) is 19.4 Å². The lowest BCUT2D eigenvalue weighted by molar-refractivity contribution is -0.135. The number of primary amides is 1. The highest BCUT2D eigenvalue weighted by atomic mass is 32.2. The number of rotatable bonds is 5. The van der Waals surface area contributed by atoms with Gasteiger partial charge in [0.15, 0.2) is 0 Å². The standard InChI is InChI=1S/C21H32N2O2S/c1-12(2)18(21(25)23-9-7-8-17(11-23)20(22)24)26-19-15(5)13(3)10-14(4)16(19)6/h10,12,17-18H,7-9,11H2,1-6H3,(H2,22,24). The van der Waals surface area contributed by atoms with E-state index in [-0.39, 0.29) is 28.9 Å². The molecule has 5 heteroatoms. The van der Waals surface area contributed by atoms with Gasteiger partial charge in [-0.15, -0.1) is 11.8 Å². The number of thioether (sulfide) groups is 1. The normalized spacial score (nSPS) is 18.9. The average molecular weight is 377 g/mol. The third-order valence-electron chi connectivity index (χ3n) is 5.53. The summed E-state index contributed by atoms with van der Waals surface area (Å²) in [5, 5.41) is -0.153. The van der Waals surface area contributed by atoms with Crippen LogP contribution in [0.2, 0.25) is 0 Å². The quantitative estimate of drug-likeness (QED) is 0.796. The van der Waals surface area contributed by atoms with Crippen LogP contribution in [0.1, 0.15) is 48.9 Å². The predicted molar refractivity (Wildman–Crippen MR) is 108 cm³/mol. The second-order valence-corrected chi connectivity index (χ2v) is 9.05. The third-order valence-corrected chi connectivity index (χ3v) is 7.37. The molecule has 0 aliphatic carbocycles. The fourth-order valence-electron chi connectivity index (χ4n) is 3.55. The monoisotopic (exact) mass is 376 g/mol. The van der Waals surface area contributed by atoms with Gasteiger partial charge >= 0.3 is 0 Å². The van der Waals surface area contributed by atoms with Gasteiger partial charge in [-0.1, -0.05) is 19.9 Å². The maximum Gasteiger partial charge on any atom is 0.236 e. The van der Waals surface area contributed by atoms with E-state index >= 15 is 0 Å². The number of hydrogen-bond donors (Lipinski definition) is 1. The van der Waals surface area contributed by atoms with Crippen molar-refractivity contribution in [2.24, 2.45) is 17.6 Å². The van der Waals surface area contributed by atoms with E-state index in [1.165, 1.54) is 27.1 Å². The molecule has 1 aliphatic heterocycles. The summed E-state index contributed by atoms with van der Waals surface area (Å²) in [4.78, 5) is 27.9. The minimum Gasteiger partial charge on any atom is -0.369 e. The first-order chi connectivity index (χ1) is 12.1. The van der Waals surface area contributed by atoms with Crippen molar-refractivity contribution in [1.29, 1.82) is 0 Å². The SMILES string of the molecule is Cc1cc(C)c(C)c(SC(C(=O)N2CCCC(C(N)=O)C2)C(C)C)c1C. The average Bonchev–Trinajstić information content (AvgIpc) is 2.59. The molecule has 1 fully saturated rings. The van der Waals surface area contributed by atoms with Gasteiger partial charge in [0.2, 0.25) is 11.8 Å². The van der Waals surface area contributed by atoms with E-state index in [2.05, 4.69) is 47.6 Å². The minimum atomic E-state index is -0.294. The largest absolute Gasteiger partial charge is 0.369 e. The number of nitrogens with zero attached hydrogens (tertiary/aromatic N) is 1. The molecular formula is C21H32N2O2S. The van der Waals surface area contributed by atoms with Gasteiger partial charge in [-0.25, -0.2) is 0 Å². The van der Waals surface area contributed by atoms with Crippen molar-refractivity contribution in [1.82, 2.24) is 4.90 Å². The van der Waals surface area contributed by atoms with E-state index in [0.29, 0.717) is 6.54 Å². The smallest absolute Gasteiger partial charge is 0.236 e. The van der Waals surface area contributed by atoms with Gasteiger partial charge in [0.1, 0.15) is 0 Å². The highest BCUT2D eigenvalue weighted by molar-refractivity contribution is 8.00. The highest BCUT2D eigenvalue weighted by Gasteiger charge is 2.33. The molecule has 1 aromatic rings. The van der Waals surface area contributed by atoms with Crippen LogP contribution in [0.5, 0.6) is 0 Å². The number of nitrogens with two attached hydrogens (primary N) is 1. The lowest BCUT2D eigenvalue weighted by Gasteiger charge is -2.35. The zero-order valence-corrected chi connectivity index (χ0v) is 17.7. The Labute approximate surface area is 161 Å². The molecule has 1 saturated heterocycles. The molecule has 1 aromatic carbocycles. The number of hydrogen-bond acceptors (Lipinski definition) is 3. The maximum absolute atomic E-state index is 13.3. The van der Waals surface area contributed by atoms with Crippen LogP contribution in [0.3, 0.4) is 0 Å². The van der Waals surface area contributed by atoms with Crippen LogP contribution in [-0.4, -0.2) is 35.1 Å². The van der Waals surface area contributed by atoms with Gasteiger partial charge in [0.25, 0.3) is 0 Å². The Balaban J connectivity index is 2.27. The Morgan fingerprint density at radius 2 is 1.73 bits per heavy atom. The van der Waals surface area contributed by atoms with Crippen LogP contribution in [0.25, 0.3) is 0 Å². The zero-order chi connectivity index (χ0) is 19.6. The second-order valence-electron chi connectivity index (χ2n) is 7.90. The number of carbonyl (C=O) groups is 2. The number of likely N-dealkylation sites (tertiary alicyclic amines) is 1. The molecular weight excluding hydrogens is 344 g/mol.